The number of nitrogens with one attached hydrogen (secondary N) is 1. The van der Waals surface area contributed by atoms with Crippen molar-refractivity contribution >= 4 is 17.2 Å². The number of Topliss-reactive ketones (excluding diaryl/α,β-unsaturated/α-hetero) is 1. The van der Waals surface area contributed by atoms with Gasteiger partial charge in [0.1, 0.15) is 0 Å². The first-order valence-corrected chi connectivity index (χ1v) is 9.61. The summed E-state index contributed by atoms with van der Waals surface area (Å²) in [5.74, 6) is 0.136. The Bertz CT molecular complexity index is 770. The zero-order valence-corrected chi connectivity index (χ0v) is 17.3. The number of carbonyl (C=O) groups is 1. The molecule has 0 aliphatic heterocycles. The van der Waals surface area contributed by atoms with E-state index in [4.69, 9.17) is 0 Å². The molecule has 0 aliphatic rings. The van der Waals surface area contributed by atoms with E-state index in [1.165, 1.54) is 5.69 Å². The van der Waals surface area contributed by atoms with E-state index in [-0.39, 0.29) is 5.78 Å². The van der Waals surface area contributed by atoms with Crippen LogP contribution in [0.1, 0.15) is 61.0 Å². The molecule has 1 N–H and O–H groups in total. The number of hydrogen-bond acceptors (Lipinski definition) is 3. The lowest BCUT2D eigenvalue weighted by Crippen LogP contribution is -2.22. The van der Waals surface area contributed by atoms with Crippen LogP contribution in [0.15, 0.2) is 24.3 Å². The molecule has 1 aromatic carbocycles. The second kappa shape index (κ2) is 8.43. The predicted molar refractivity (Wildman–Crippen MR) is 112 cm³/mol. The number of nitrogens with zero attached hydrogens (tertiary/aromatic N) is 2. The van der Waals surface area contributed by atoms with Crippen molar-refractivity contribution in [3.8, 4) is 0 Å². The molecule has 1 heterocycles. The topological polar surface area (TPSA) is 37.3 Å². The summed E-state index contributed by atoms with van der Waals surface area (Å²) < 4.78 is 2.22. The Balaban J connectivity index is 2.12. The number of aryl methyl sites for hydroxylation is 2. The van der Waals surface area contributed by atoms with Gasteiger partial charge in [-0.05, 0) is 78.3 Å². The van der Waals surface area contributed by atoms with Gasteiger partial charge < -0.3 is 14.8 Å². The fraction of sp³-hybridized carbons (Fsp3) is 0.500. The average molecular weight is 356 g/mol. The molecule has 0 saturated carbocycles. The standard InChI is InChI=1S/C22H33N3O/c1-8-24(9-2)19-10-11-21(16(5)12-19)23-14-22(26)20-13-17(6)25(15(3)4)18(20)7/h10-13,15,23H,8-9,14H2,1-7H3. The van der Waals surface area contributed by atoms with Gasteiger partial charge in [0.05, 0.1) is 6.54 Å². The molecule has 2 aromatic rings. The van der Waals surface area contributed by atoms with Crippen molar-refractivity contribution in [2.75, 3.05) is 29.9 Å². The van der Waals surface area contributed by atoms with Crippen LogP contribution in [-0.4, -0.2) is 30.0 Å². The Morgan fingerprint density at radius 3 is 2.27 bits per heavy atom. The quantitative estimate of drug-likeness (QED) is 0.667. The summed E-state index contributed by atoms with van der Waals surface area (Å²) in [4.78, 5) is 15.0. The Kier molecular flexibility index (Phi) is 6.52. The average Bonchev–Trinajstić information content (AvgIpc) is 2.89. The lowest BCUT2D eigenvalue weighted by Gasteiger charge is -2.22. The SMILES string of the molecule is CCN(CC)c1ccc(NCC(=O)c2cc(C)n(C(C)C)c2C)c(C)c1. The first-order valence-electron chi connectivity index (χ1n) is 9.61. The molecular formula is C22H33N3O. The molecule has 0 unspecified atom stereocenters. The van der Waals surface area contributed by atoms with Gasteiger partial charge in [0, 0.05) is 47.5 Å². The molecule has 0 spiro atoms. The minimum atomic E-state index is 0.136. The Labute approximate surface area is 158 Å². The van der Waals surface area contributed by atoms with Crippen molar-refractivity contribution in [1.82, 2.24) is 4.57 Å². The van der Waals surface area contributed by atoms with E-state index < -0.39 is 0 Å². The first kappa shape index (κ1) is 20.1. The monoisotopic (exact) mass is 355 g/mol. The van der Waals surface area contributed by atoms with Crippen molar-refractivity contribution in [2.45, 2.75) is 54.5 Å². The van der Waals surface area contributed by atoms with E-state index in [0.29, 0.717) is 12.6 Å². The highest BCUT2D eigenvalue weighted by molar-refractivity contribution is 6.00. The van der Waals surface area contributed by atoms with Crippen LogP contribution in [0.5, 0.6) is 0 Å². The van der Waals surface area contributed by atoms with E-state index in [1.54, 1.807) is 0 Å². The normalized spacial score (nSPS) is 11.1. The highest BCUT2D eigenvalue weighted by atomic mass is 16.1. The van der Waals surface area contributed by atoms with Crippen LogP contribution in [0, 0.1) is 20.8 Å². The largest absolute Gasteiger partial charge is 0.377 e. The number of benzene rings is 1. The van der Waals surface area contributed by atoms with Crippen LogP contribution in [0.2, 0.25) is 0 Å². The fourth-order valence-corrected chi connectivity index (χ4v) is 3.76. The maximum absolute atomic E-state index is 12.7. The number of ketones is 1. The number of aromatic nitrogens is 1. The van der Waals surface area contributed by atoms with E-state index in [9.17, 15) is 4.79 Å². The molecule has 0 aliphatic carbocycles. The second-order valence-corrected chi connectivity index (χ2v) is 7.20. The van der Waals surface area contributed by atoms with Crippen LogP contribution in [-0.2, 0) is 0 Å². The fourth-order valence-electron chi connectivity index (χ4n) is 3.76. The number of carbonyl (C=O) groups excluding carboxylic acids is 1. The number of hydrogen-bond donors (Lipinski definition) is 1. The summed E-state index contributed by atoms with van der Waals surface area (Å²) in [6, 6.07) is 8.75. The summed E-state index contributed by atoms with van der Waals surface area (Å²) in [5, 5.41) is 3.32. The minimum Gasteiger partial charge on any atom is -0.377 e. The van der Waals surface area contributed by atoms with Gasteiger partial charge in [0.15, 0.2) is 5.78 Å². The Hall–Kier alpha value is -2.23. The van der Waals surface area contributed by atoms with E-state index in [2.05, 4.69) is 74.5 Å². The highest BCUT2D eigenvalue weighted by Crippen LogP contribution is 2.24. The van der Waals surface area contributed by atoms with Crippen LogP contribution < -0.4 is 10.2 Å². The lowest BCUT2D eigenvalue weighted by molar-refractivity contribution is 0.101. The highest BCUT2D eigenvalue weighted by Gasteiger charge is 2.17. The van der Waals surface area contributed by atoms with Gasteiger partial charge in [-0.15, -0.1) is 0 Å². The van der Waals surface area contributed by atoms with Gasteiger partial charge in [0.25, 0.3) is 0 Å². The third-order valence-electron chi connectivity index (χ3n) is 5.08. The molecule has 2 rings (SSSR count). The van der Waals surface area contributed by atoms with Crippen LogP contribution in [0.3, 0.4) is 0 Å². The van der Waals surface area contributed by atoms with E-state index in [0.717, 1.165) is 41.3 Å². The molecule has 142 valence electrons. The van der Waals surface area contributed by atoms with Crippen molar-refractivity contribution in [3.63, 3.8) is 0 Å². The smallest absolute Gasteiger partial charge is 0.183 e. The Morgan fingerprint density at radius 1 is 1.12 bits per heavy atom. The van der Waals surface area contributed by atoms with Gasteiger partial charge in [-0.2, -0.15) is 0 Å². The predicted octanol–water partition coefficient (Wildman–Crippen LogP) is 5.14. The molecule has 0 saturated heterocycles. The van der Waals surface area contributed by atoms with Crippen molar-refractivity contribution in [3.05, 3.63) is 46.8 Å². The molecule has 4 nitrogen and oxygen atoms in total. The van der Waals surface area contributed by atoms with E-state index >= 15 is 0 Å². The maximum atomic E-state index is 12.7. The van der Waals surface area contributed by atoms with Crippen LogP contribution >= 0.6 is 0 Å². The molecule has 0 bridgehead atoms. The summed E-state index contributed by atoms with van der Waals surface area (Å²) in [6.07, 6.45) is 0. The van der Waals surface area contributed by atoms with Crippen LogP contribution in [0.4, 0.5) is 11.4 Å². The van der Waals surface area contributed by atoms with Gasteiger partial charge in [0.2, 0.25) is 0 Å². The Morgan fingerprint density at radius 2 is 1.77 bits per heavy atom. The molecule has 4 heteroatoms. The van der Waals surface area contributed by atoms with Crippen LogP contribution in [0.25, 0.3) is 0 Å². The van der Waals surface area contributed by atoms with E-state index in [1.807, 2.05) is 13.0 Å². The number of anilines is 2. The zero-order valence-electron chi connectivity index (χ0n) is 17.3. The molecule has 0 fully saturated rings. The number of rotatable bonds is 8. The summed E-state index contributed by atoms with van der Waals surface area (Å²) in [6.45, 7) is 17.1. The minimum absolute atomic E-state index is 0.136. The maximum Gasteiger partial charge on any atom is 0.183 e. The van der Waals surface area contributed by atoms with Gasteiger partial charge >= 0.3 is 0 Å². The molecule has 0 amide bonds. The molecule has 0 radical (unpaired) electrons. The molecule has 26 heavy (non-hydrogen) atoms. The second-order valence-electron chi connectivity index (χ2n) is 7.20. The van der Waals surface area contributed by atoms with Crippen molar-refractivity contribution in [2.24, 2.45) is 0 Å². The summed E-state index contributed by atoms with van der Waals surface area (Å²) >= 11 is 0. The summed E-state index contributed by atoms with van der Waals surface area (Å²) in [5.41, 5.74) is 6.42. The molecule has 1 aromatic heterocycles. The van der Waals surface area contributed by atoms with Gasteiger partial charge in [-0.1, -0.05) is 0 Å². The van der Waals surface area contributed by atoms with Crippen molar-refractivity contribution in [1.29, 1.82) is 0 Å². The third-order valence-corrected chi connectivity index (χ3v) is 5.08. The summed E-state index contributed by atoms with van der Waals surface area (Å²) in [7, 11) is 0. The zero-order chi connectivity index (χ0) is 19.4. The third kappa shape index (κ3) is 4.12. The first-order chi connectivity index (χ1) is 12.3. The molecule has 0 atom stereocenters. The van der Waals surface area contributed by atoms with Gasteiger partial charge in [-0.25, -0.2) is 0 Å². The lowest BCUT2D eigenvalue weighted by atomic mass is 10.1. The van der Waals surface area contributed by atoms with Crippen molar-refractivity contribution < 1.29 is 4.79 Å². The van der Waals surface area contributed by atoms with Gasteiger partial charge in [-0.3, -0.25) is 4.79 Å². The molecular weight excluding hydrogens is 322 g/mol.